The molecule has 0 saturated carbocycles. The van der Waals surface area contributed by atoms with E-state index in [2.05, 4.69) is 17.2 Å². The van der Waals surface area contributed by atoms with Gasteiger partial charge in [-0.25, -0.2) is 4.98 Å². The highest BCUT2D eigenvalue weighted by atomic mass is 32.1. The molecule has 1 aromatic rings. The molecule has 30 heavy (non-hydrogen) atoms. The Morgan fingerprint density at radius 2 is 1.90 bits per heavy atom. The lowest BCUT2D eigenvalue weighted by molar-refractivity contribution is -0.148. The van der Waals surface area contributed by atoms with Crippen molar-refractivity contribution < 1.29 is 19.1 Å². The van der Waals surface area contributed by atoms with E-state index in [1.165, 1.54) is 18.3 Å². The van der Waals surface area contributed by atoms with Crippen LogP contribution < -0.4 is 5.32 Å². The Labute approximate surface area is 184 Å². The molecule has 0 fully saturated rings. The zero-order valence-electron chi connectivity index (χ0n) is 19.4. The van der Waals surface area contributed by atoms with E-state index < -0.39 is 12.1 Å². The summed E-state index contributed by atoms with van der Waals surface area (Å²) in [7, 11) is 1.81. The molecule has 0 aliphatic heterocycles. The van der Waals surface area contributed by atoms with Crippen LogP contribution in [0.2, 0.25) is 0 Å². The first kappa shape index (κ1) is 26.1. The summed E-state index contributed by atoms with van der Waals surface area (Å²) in [6, 6.07) is -0.110. The average molecular weight is 440 g/mol. The average Bonchev–Trinajstić information content (AvgIpc) is 3.16. The Morgan fingerprint density at radius 1 is 1.23 bits per heavy atom. The number of thiazole rings is 1. The minimum absolute atomic E-state index is 0.0880. The maximum Gasteiger partial charge on any atom is 0.303 e. The van der Waals surface area contributed by atoms with E-state index in [0.29, 0.717) is 36.0 Å². The minimum Gasteiger partial charge on any atom is -0.455 e. The molecule has 1 aromatic heterocycles. The fourth-order valence-electron chi connectivity index (χ4n) is 3.11. The Hall–Kier alpha value is -1.96. The Bertz CT molecular complexity index is 702. The first-order valence-electron chi connectivity index (χ1n) is 10.7. The van der Waals surface area contributed by atoms with Crippen molar-refractivity contribution in [3.8, 4) is 0 Å². The van der Waals surface area contributed by atoms with Crippen molar-refractivity contribution in [3.63, 3.8) is 0 Å². The van der Waals surface area contributed by atoms with Crippen LogP contribution in [0, 0.1) is 11.8 Å². The molecule has 8 heteroatoms. The molecule has 2 amide bonds. The quantitative estimate of drug-likeness (QED) is 0.493. The van der Waals surface area contributed by atoms with Gasteiger partial charge in [0.2, 0.25) is 5.91 Å². The van der Waals surface area contributed by atoms with Gasteiger partial charge in [-0.15, -0.1) is 11.3 Å². The van der Waals surface area contributed by atoms with Crippen molar-refractivity contribution in [1.82, 2.24) is 15.2 Å². The molecular weight excluding hydrogens is 402 g/mol. The molecule has 1 rings (SSSR count). The zero-order valence-corrected chi connectivity index (χ0v) is 20.2. The molecule has 2 atom stereocenters. The number of nitrogens with zero attached hydrogens (tertiary/aromatic N) is 2. The molecule has 0 saturated heterocycles. The third kappa shape index (κ3) is 8.42. The smallest absolute Gasteiger partial charge is 0.303 e. The molecule has 1 heterocycles. The van der Waals surface area contributed by atoms with Gasteiger partial charge in [0.1, 0.15) is 10.7 Å². The van der Waals surface area contributed by atoms with Gasteiger partial charge >= 0.3 is 5.97 Å². The van der Waals surface area contributed by atoms with Crippen LogP contribution in [0.25, 0.3) is 0 Å². The first-order valence-corrected chi connectivity index (χ1v) is 11.6. The number of hydrogen-bond acceptors (Lipinski definition) is 6. The first-order chi connectivity index (χ1) is 14.1. The zero-order chi connectivity index (χ0) is 22.8. The van der Waals surface area contributed by atoms with Crippen molar-refractivity contribution in [3.05, 3.63) is 16.1 Å². The standard InChI is InChI=1S/C22H37N3O4S/c1-8-9-10-20(27)25(7)18(15(4)5)11-19(29-16(6)26)22-24-17(13-30-22)21(28)23-12-14(2)3/h13-15,18-19H,8-12H2,1-7H3,(H,23,28). The SMILES string of the molecule is CCCCC(=O)N(C)C(CC(OC(C)=O)c1nc(C(=O)NCC(C)C)cs1)C(C)C. The third-order valence-electron chi connectivity index (χ3n) is 4.87. The monoisotopic (exact) mass is 439 g/mol. The predicted octanol–water partition coefficient (Wildman–Crippen LogP) is 4.20. The third-order valence-corrected chi connectivity index (χ3v) is 5.81. The van der Waals surface area contributed by atoms with Crippen LogP contribution >= 0.6 is 11.3 Å². The van der Waals surface area contributed by atoms with Crippen molar-refractivity contribution in [2.45, 2.75) is 79.4 Å². The van der Waals surface area contributed by atoms with Crippen LogP contribution in [-0.2, 0) is 14.3 Å². The summed E-state index contributed by atoms with van der Waals surface area (Å²) in [5, 5.41) is 5.10. The van der Waals surface area contributed by atoms with E-state index in [0.717, 1.165) is 12.8 Å². The highest BCUT2D eigenvalue weighted by Gasteiger charge is 2.30. The van der Waals surface area contributed by atoms with Crippen molar-refractivity contribution >= 4 is 29.1 Å². The van der Waals surface area contributed by atoms with Gasteiger partial charge in [-0.3, -0.25) is 14.4 Å². The molecule has 0 aliphatic carbocycles. The molecule has 0 aliphatic rings. The topological polar surface area (TPSA) is 88.6 Å². The lowest BCUT2D eigenvalue weighted by Gasteiger charge is -2.33. The molecule has 0 bridgehead atoms. The molecule has 1 N–H and O–H groups in total. The van der Waals surface area contributed by atoms with E-state index in [1.54, 1.807) is 17.3 Å². The molecule has 0 aromatic carbocycles. The normalized spacial score (nSPS) is 13.2. The van der Waals surface area contributed by atoms with Crippen LogP contribution in [-0.4, -0.2) is 47.3 Å². The highest BCUT2D eigenvalue weighted by Crippen LogP contribution is 2.30. The van der Waals surface area contributed by atoms with E-state index in [1.807, 2.05) is 27.7 Å². The van der Waals surface area contributed by atoms with Gasteiger partial charge in [0.25, 0.3) is 5.91 Å². The van der Waals surface area contributed by atoms with Crippen molar-refractivity contribution in [2.24, 2.45) is 11.8 Å². The Kier molecular flexibility index (Phi) is 11.0. The Balaban J connectivity index is 3.01. The van der Waals surface area contributed by atoms with Crippen molar-refractivity contribution in [2.75, 3.05) is 13.6 Å². The number of unbranched alkanes of at least 4 members (excludes halogenated alkanes) is 1. The van der Waals surface area contributed by atoms with Crippen LogP contribution in [0.3, 0.4) is 0 Å². The maximum atomic E-state index is 12.6. The van der Waals surface area contributed by atoms with Crippen LogP contribution in [0.4, 0.5) is 0 Å². The number of aromatic nitrogens is 1. The van der Waals surface area contributed by atoms with Crippen LogP contribution in [0.15, 0.2) is 5.38 Å². The molecular formula is C22H37N3O4S. The summed E-state index contributed by atoms with van der Waals surface area (Å²) >= 11 is 1.30. The molecule has 2 unspecified atom stereocenters. The van der Waals surface area contributed by atoms with Crippen LogP contribution in [0.5, 0.6) is 0 Å². The van der Waals surface area contributed by atoms with E-state index in [4.69, 9.17) is 4.74 Å². The molecule has 170 valence electrons. The van der Waals surface area contributed by atoms with Gasteiger partial charge in [-0.2, -0.15) is 0 Å². The summed E-state index contributed by atoms with van der Waals surface area (Å²) in [5.41, 5.74) is 0.321. The van der Waals surface area contributed by atoms with Gasteiger partial charge < -0.3 is 15.0 Å². The van der Waals surface area contributed by atoms with E-state index in [9.17, 15) is 14.4 Å². The second-order valence-electron chi connectivity index (χ2n) is 8.43. The molecule has 7 nitrogen and oxygen atoms in total. The summed E-state index contributed by atoms with van der Waals surface area (Å²) < 4.78 is 5.56. The number of carbonyl (C=O) groups excluding carboxylic acids is 3. The number of carbonyl (C=O) groups is 3. The molecule has 0 radical (unpaired) electrons. The second-order valence-corrected chi connectivity index (χ2v) is 9.32. The number of hydrogen-bond donors (Lipinski definition) is 1. The second kappa shape index (κ2) is 12.7. The van der Waals surface area contributed by atoms with Gasteiger partial charge in [0.15, 0.2) is 6.10 Å². The minimum atomic E-state index is -0.604. The largest absolute Gasteiger partial charge is 0.455 e. The highest BCUT2D eigenvalue weighted by molar-refractivity contribution is 7.09. The fourth-order valence-corrected chi connectivity index (χ4v) is 3.95. The van der Waals surface area contributed by atoms with Crippen molar-refractivity contribution in [1.29, 1.82) is 0 Å². The van der Waals surface area contributed by atoms with E-state index in [-0.39, 0.29) is 23.8 Å². The maximum absolute atomic E-state index is 12.6. The van der Waals surface area contributed by atoms with Gasteiger partial charge in [-0.05, 0) is 18.3 Å². The molecule has 0 spiro atoms. The lowest BCUT2D eigenvalue weighted by atomic mass is 9.96. The fraction of sp³-hybridized carbons (Fsp3) is 0.727. The lowest BCUT2D eigenvalue weighted by Crippen LogP contribution is -2.41. The number of rotatable bonds is 12. The Morgan fingerprint density at radius 3 is 2.43 bits per heavy atom. The van der Waals surface area contributed by atoms with Crippen LogP contribution in [0.1, 0.15) is 88.8 Å². The van der Waals surface area contributed by atoms with E-state index >= 15 is 0 Å². The number of amides is 2. The summed E-state index contributed by atoms with van der Waals surface area (Å²) in [4.78, 5) is 42.8. The van der Waals surface area contributed by atoms with Gasteiger partial charge in [0.05, 0.1) is 0 Å². The predicted molar refractivity (Wildman–Crippen MR) is 119 cm³/mol. The van der Waals surface area contributed by atoms with Gasteiger partial charge in [0, 0.05) is 44.8 Å². The number of nitrogens with one attached hydrogen (secondary N) is 1. The number of esters is 1. The van der Waals surface area contributed by atoms with Gasteiger partial charge in [-0.1, -0.05) is 41.0 Å². The summed E-state index contributed by atoms with van der Waals surface area (Å²) in [6.07, 6.45) is 2.15. The summed E-state index contributed by atoms with van der Waals surface area (Å²) in [5.74, 6) is -0.0469. The summed E-state index contributed by atoms with van der Waals surface area (Å²) in [6.45, 7) is 12.1. The number of ether oxygens (including phenoxy) is 1.